The number of hydrogen-bond acceptors (Lipinski definition) is 1. The van der Waals surface area contributed by atoms with Gasteiger partial charge in [-0.05, 0) is 12.5 Å². The lowest BCUT2D eigenvalue weighted by molar-refractivity contribution is -0.184. The Labute approximate surface area is 114 Å². The first-order chi connectivity index (χ1) is 9.24. The van der Waals surface area contributed by atoms with Crippen LogP contribution in [0, 0.1) is 5.41 Å². The Morgan fingerprint density at radius 2 is 1.85 bits per heavy atom. The topological polar surface area (TPSA) is 37.3 Å². The predicted molar refractivity (Wildman–Crippen MR) is 68.2 cm³/mol. The van der Waals surface area contributed by atoms with Crippen LogP contribution >= 0.6 is 0 Å². The van der Waals surface area contributed by atoms with Crippen molar-refractivity contribution in [1.29, 1.82) is 0 Å². The van der Waals surface area contributed by atoms with E-state index in [1.165, 1.54) is 6.08 Å². The lowest BCUT2D eigenvalue weighted by Crippen LogP contribution is -2.34. The SMILES string of the molecule is CC1(C(F)(F)F)C=CC(c2ccccc2)C(C(=O)O)=C1. The maximum absolute atomic E-state index is 13.0. The highest BCUT2D eigenvalue weighted by atomic mass is 19.4. The largest absolute Gasteiger partial charge is 0.478 e. The van der Waals surface area contributed by atoms with Crippen LogP contribution in [0.15, 0.2) is 54.1 Å². The molecule has 1 aromatic carbocycles. The fourth-order valence-electron chi connectivity index (χ4n) is 2.18. The summed E-state index contributed by atoms with van der Waals surface area (Å²) in [5.74, 6) is -2.00. The van der Waals surface area contributed by atoms with E-state index in [-0.39, 0.29) is 5.57 Å². The molecule has 0 heterocycles. The van der Waals surface area contributed by atoms with Crippen molar-refractivity contribution < 1.29 is 23.1 Å². The van der Waals surface area contributed by atoms with Crippen LogP contribution in [0.2, 0.25) is 0 Å². The normalized spacial score (nSPS) is 26.2. The van der Waals surface area contributed by atoms with Crippen LogP contribution in [-0.2, 0) is 4.79 Å². The van der Waals surface area contributed by atoms with Crippen LogP contribution < -0.4 is 0 Å². The van der Waals surface area contributed by atoms with Crippen LogP contribution in [0.3, 0.4) is 0 Å². The molecule has 0 saturated carbocycles. The van der Waals surface area contributed by atoms with E-state index < -0.39 is 23.5 Å². The molecule has 0 spiro atoms. The van der Waals surface area contributed by atoms with Crippen LogP contribution in [0.25, 0.3) is 0 Å². The van der Waals surface area contributed by atoms with Gasteiger partial charge < -0.3 is 5.11 Å². The molecule has 0 amide bonds. The van der Waals surface area contributed by atoms with Crippen LogP contribution in [0.4, 0.5) is 13.2 Å². The van der Waals surface area contributed by atoms with Gasteiger partial charge >= 0.3 is 12.1 Å². The molecule has 1 aliphatic carbocycles. The van der Waals surface area contributed by atoms with Crippen molar-refractivity contribution in [1.82, 2.24) is 0 Å². The zero-order valence-corrected chi connectivity index (χ0v) is 10.7. The summed E-state index contributed by atoms with van der Waals surface area (Å²) < 4.78 is 39.0. The van der Waals surface area contributed by atoms with Gasteiger partial charge in [0, 0.05) is 11.5 Å². The Morgan fingerprint density at radius 1 is 1.25 bits per heavy atom. The van der Waals surface area contributed by atoms with Crippen molar-refractivity contribution in [3.8, 4) is 0 Å². The van der Waals surface area contributed by atoms with Gasteiger partial charge in [0.15, 0.2) is 0 Å². The minimum Gasteiger partial charge on any atom is -0.478 e. The Kier molecular flexibility index (Phi) is 3.46. The second kappa shape index (κ2) is 4.81. The summed E-state index contributed by atoms with van der Waals surface area (Å²) in [7, 11) is 0. The van der Waals surface area contributed by atoms with Crippen molar-refractivity contribution >= 4 is 5.97 Å². The summed E-state index contributed by atoms with van der Waals surface area (Å²) in [6.07, 6.45) is -1.39. The number of allylic oxidation sites excluding steroid dienone is 3. The lowest BCUT2D eigenvalue weighted by atomic mass is 9.76. The molecular formula is C15H13F3O2. The number of rotatable bonds is 2. The maximum Gasteiger partial charge on any atom is 0.400 e. The molecule has 20 heavy (non-hydrogen) atoms. The summed E-state index contributed by atoms with van der Waals surface area (Å²) in [4.78, 5) is 11.3. The summed E-state index contributed by atoms with van der Waals surface area (Å²) in [5, 5.41) is 9.20. The highest BCUT2D eigenvalue weighted by Crippen LogP contribution is 2.46. The average molecular weight is 282 g/mol. The second-order valence-electron chi connectivity index (χ2n) is 4.93. The molecule has 2 atom stereocenters. The van der Waals surface area contributed by atoms with Gasteiger partial charge in [0.2, 0.25) is 0 Å². The van der Waals surface area contributed by atoms with Crippen molar-refractivity contribution in [2.24, 2.45) is 5.41 Å². The average Bonchev–Trinajstić information content (AvgIpc) is 2.38. The number of alkyl halides is 3. The van der Waals surface area contributed by atoms with E-state index in [9.17, 15) is 23.1 Å². The van der Waals surface area contributed by atoms with Gasteiger partial charge in [-0.25, -0.2) is 4.79 Å². The minimum atomic E-state index is -4.52. The van der Waals surface area contributed by atoms with Gasteiger partial charge in [-0.2, -0.15) is 13.2 Å². The number of halogens is 3. The van der Waals surface area contributed by atoms with Crippen molar-refractivity contribution in [3.63, 3.8) is 0 Å². The molecule has 5 heteroatoms. The van der Waals surface area contributed by atoms with Gasteiger partial charge in [-0.1, -0.05) is 48.6 Å². The van der Waals surface area contributed by atoms with Gasteiger partial charge in [0.05, 0.1) is 0 Å². The third kappa shape index (κ3) is 2.48. The smallest absolute Gasteiger partial charge is 0.400 e. The number of hydrogen-bond donors (Lipinski definition) is 1. The molecule has 2 nitrogen and oxygen atoms in total. The Hall–Kier alpha value is -2.04. The van der Waals surface area contributed by atoms with Gasteiger partial charge in [0.1, 0.15) is 5.41 Å². The highest BCUT2D eigenvalue weighted by Gasteiger charge is 2.50. The minimum absolute atomic E-state index is 0.251. The number of benzene rings is 1. The fourth-order valence-corrected chi connectivity index (χ4v) is 2.18. The fraction of sp³-hybridized carbons (Fsp3) is 0.267. The summed E-state index contributed by atoms with van der Waals surface area (Å²) in [6.45, 7) is 0.966. The second-order valence-corrected chi connectivity index (χ2v) is 4.93. The van der Waals surface area contributed by atoms with Crippen molar-refractivity contribution in [2.75, 3.05) is 0 Å². The molecule has 106 valence electrons. The monoisotopic (exact) mass is 282 g/mol. The first-order valence-corrected chi connectivity index (χ1v) is 6.02. The molecule has 0 saturated heterocycles. The highest BCUT2D eigenvalue weighted by molar-refractivity contribution is 5.89. The Morgan fingerprint density at radius 3 is 2.35 bits per heavy atom. The third-order valence-electron chi connectivity index (χ3n) is 3.44. The molecule has 1 N–H and O–H groups in total. The van der Waals surface area contributed by atoms with E-state index in [1.807, 2.05) is 0 Å². The van der Waals surface area contributed by atoms with E-state index in [0.717, 1.165) is 19.1 Å². The van der Waals surface area contributed by atoms with E-state index in [0.29, 0.717) is 5.56 Å². The van der Waals surface area contributed by atoms with Crippen LogP contribution in [-0.4, -0.2) is 17.3 Å². The van der Waals surface area contributed by atoms with E-state index in [2.05, 4.69) is 0 Å². The Balaban J connectivity index is 2.48. The zero-order chi connectivity index (χ0) is 15.0. The molecule has 0 aliphatic heterocycles. The molecule has 0 radical (unpaired) electrons. The van der Waals surface area contributed by atoms with Gasteiger partial charge in [-0.15, -0.1) is 0 Å². The quantitative estimate of drug-likeness (QED) is 0.835. The number of carboxylic acid groups (broad SMARTS) is 1. The maximum atomic E-state index is 13.0. The first kappa shape index (κ1) is 14.4. The van der Waals surface area contributed by atoms with Gasteiger partial charge in [-0.3, -0.25) is 0 Å². The molecular weight excluding hydrogens is 269 g/mol. The number of carbonyl (C=O) groups is 1. The lowest BCUT2D eigenvalue weighted by Gasteiger charge is -2.31. The standard InChI is InChI=1S/C15H13F3O2/c1-14(15(16,17)18)8-7-11(12(9-14)13(19)20)10-5-3-2-4-6-10/h2-9,11H,1H3,(H,19,20). The van der Waals surface area contributed by atoms with Gasteiger partial charge in [0.25, 0.3) is 0 Å². The molecule has 0 bridgehead atoms. The predicted octanol–water partition coefficient (Wildman–Crippen LogP) is 3.92. The third-order valence-corrected chi connectivity index (χ3v) is 3.44. The zero-order valence-electron chi connectivity index (χ0n) is 10.7. The number of carboxylic acids is 1. The van der Waals surface area contributed by atoms with Crippen LogP contribution in [0.5, 0.6) is 0 Å². The summed E-state index contributed by atoms with van der Waals surface area (Å²) >= 11 is 0. The molecule has 1 aromatic rings. The molecule has 0 aromatic heterocycles. The first-order valence-electron chi connectivity index (χ1n) is 6.02. The van der Waals surface area contributed by atoms with Crippen LogP contribution in [0.1, 0.15) is 18.4 Å². The molecule has 2 rings (SSSR count). The Bertz CT molecular complexity index is 573. The molecule has 1 aliphatic rings. The molecule has 2 unspecified atom stereocenters. The van der Waals surface area contributed by atoms with Crippen molar-refractivity contribution in [3.05, 3.63) is 59.7 Å². The van der Waals surface area contributed by atoms with E-state index >= 15 is 0 Å². The molecule has 0 fully saturated rings. The summed E-state index contributed by atoms with van der Waals surface area (Å²) in [5.41, 5.74) is -1.84. The van der Waals surface area contributed by atoms with Crippen molar-refractivity contribution in [2.45, 2.75) is 19.0 Å². The van der Waals surface area contributed by atoms with E-state index in [4.69, 9.17) is 0 Å². The number of aliphatic carboxylic acids is 1. The van der Waals surface area contributed by atoms with E-state index in [1.54, 1.807) is 30.3 Å². The summed E-state index contributed by atoms with van der Waals surface area (Å²) in [6, 6.07) is 8.60.